The minimum Gasteiger partial charge on any atom is -0.313 e. The predicted molar refractivity (Wildman–Crippen MR) is 75.3 cm³/mol. The number of aromatic nitrogens is 2. The van der Waals surface area contributed by atoms with Crippen LogP contribution in [0, 0.1) is 5.82 Å². The topological polar surface area (TPSA) is 29.9 Å². The fraction of sp³-hybridized carbons (Fsp3) is 0.400. The maximum absolute atomic E-state index is 13.5. The van der Waals surface area contributed by atoms with E-state index in [0.29, 0.717) is 0 Å². The third-order valence-corrected chi connectivity index (χ3v) is 3.08. The normalized spacial score (nSPS) is 10.9. The summed E-state index contributed by atoms with van der Waals surface area (Å²) in [5.74, 6) is -0.210. The summed E-state index contributed by atoms with van der Waals surface area (Å²) < 4.78 is 15.3. The predicted octanol–water partition coefficient (Wildman–Crippen LogP) is 3.21. The van der Waals surface area contributed by atoms with Gasteiger partial charge in [-0.05, 0) is 43.1 Å². The number of rotatable bonds is 6. The molecule has 0 radical (unpaired) electrons. The van der Waals surface area contributed by atoms with Crippen LogP contribution in [0.2, 0.25) is 0 Å². The summed E-state index contributed by atoms with van der Waals surface area (Å²) in [5, 5.41) is 7.60. The fourth-order valence-corrected chi connectivity index (χ4v) is 2.05. The molecule has 0 atom stereocenters. The molecule has 0 bridgehead atoms. The van der Waals surface area contributed by atoms with Gasteiger partial charge in [0.2, 0.25) is 0 Å². The van der Waals surface area contributed by atoms with Crippen LogP contribution in [-0.4, -0.2) is 16.3 Å². The minimum absolute atomic E-state index is 0.210. The van der Waals surface area contributed by atoms with Gasteiger partial charge in [-0.2, -0.15) is 5.10 Å². The van der Waals surface area contributed by atoms with Gasteiger partial charge in [-0.25, -0.2) is 4.39 Å². The highest BCUT2D eigenvalue weighted by Gasteiger charge is 2.08. The van der Waals surface area contributed by atoms with Crippen LogP contribution in [0.3, 0.4) is 0 Å². The second-order valence-corrected chi connectivity index (χ2v) is 4.56. The van der Waals surface area contributed by atoms with Crippen LogP contribution in [0.25, 0.3) is 11.1 Å². The summed E-state index contributed by atoms with van der Waals surface area (Å²) >= 11 is 0. The molecule has 2 aromatic rings. The Labute approximate surface area is 113 Å². The lowest BCUT2D eigenvalue weighted by molar-refractivity contribution is 0.625. The van der Waals surface area contributed by atoms with E-state index in [1.165, 1.54) is 6.07 Å². The molecule has 1 aromatic carbocycles. The Morgan fingerprint density at radius 2 is 2.16 bits per heavy atom. The first-order valence-corrected chi connectivity index (χ1v) is 6.76. The molecule has 0 saturated heterocycles. The molecule has 0 aliphatic heterocycles. The Hall–Kier alpha value is -1.68. The van der Waals surface area contributed by atoms with Crippen molar-refractivity contribution >= 4 is 0 Å². The lowest BCUT2D eigenvalue weighted by Gasteiger charge is -2.09. The summed E-state index contributed by atoms with van der Waals surface area (Å²) in [6.07, 6.45) is 4.84. The standard InChI is InChI=1S/C15H20FN3/c1-3-7-17-9-12-5-6-14(16)8-15(12)13-10-18-19(4-2)11-13/h5-6,8,10-11,17H,3-4,7,9H2,1-2H3. The number of aryl methyl sites for hydroxylation is 1. The summed E-state index contributed by atoms with van der Waals surface area (Å²) in [6.45, 7) is 6.69. The van der Waals surface area contributed by atoms with Crippen molar-refractivity contribution in [3.63, 3.8) is 0 Å². The van der Waals surface area contributed by atoms with Crippen LogP contribution >= 0.6 is 0 Å². The van der Waals surface area contributed by atoms with Crippen molar-refractivity contribution < 1.29 is 4.39 Å². The SMILES string of the molecule is CCCNCc1ccc(F)cc1-c1cnn(CC)c1. The van der Waals surface area contributed by atoms with E-state index in [-0.39, 0.29) is 5.82 Å². The molecule has 0 unspecified atom stereocenters. The monoisotopic (exact) mass is 261 g/mol. The second kappa shape index (κ2) is 6.48. The molecule has 102 valence electrons. The minimum atomic E-state index is -0.210. The average Bonchev–Trinajstić information content (AvgIpc) is 2.89. The molecular weight excluding hydrogens is 241 g/mol. The van der Waals surface area contributed by atoms with Gasteiger partial charge in [-0.1, -0.05) is 13.0 Å². The van der Waals surface area contributed by atoms with Crippen LogP contribution in [-0.2, 0) is 13.1 Å². The Bertz CT molecular complexity index is 534. The molecule has 0 amide bonds. The molecule has 3 nitrogen and oxygen atoms in total. The number of benzene rings is 1. The summed E-state index contributed by atoms with van der Waals surface area (Å²) in [5.41, 5.74) is 2.99. The zero-order valence-electron chi connectivity index (χ0n) is 11.5. The van der Waals surface area contributed by atoms with Crippen molar-refractivity contribution in [3.05, 3.63) is 42.0 Å². The van der Waals surface area contributed by atoms with E-state index < -0.39 is 0 Å². The Morgan fingerprint density at radius 3 is 2.84 bits per heavy atom. The molecule has 0 aliphatic rings. The van der Waals surface area contributed by atoms with Crippen molar-refractivity contribution in [2.24, 2.45) is 0 Å². The molecule has 0 spiro atoms. The van der Waals surface area contributed by atoms with Crippen molar-refractivity contribution in [2.45, 2.75) is 33.4 Å². The number of nitrogens with zero attached hydrogens (tertiary/aromatic N) is 2. The maximum Gasteiger partial charge on any atom is 0.123 e. The van der Waals surface area contributed by atoms with E-state index in [9.17, 15) is 4.39 Å². The summed E-state index contributed by atoms with van der Waals surface area (Å²) in [6, 6.07) is 4.94. The van der Waals surface area contributed by atoms with Gasteiger partial charge in [0, 0.05) is 24.8 Å². The molecule has 0 aliphatic carbocycles. The van der Waals surface area contributed by atoms with E-state index in [1.807, 2.05) is 23.9 Å². The molecule has 1 aromatic heterocycles. The highest BCUT2D eigenvalue weighted by atomic mass is 19.1. The zero-order chi connectivity index (χ0) is 13.7. The quantitative estimate of drug-likeness (QED) is 0.809. The van der Waals surface area contributed by atoms with Crippen molar-refractivity contribution in [3.8, 4) is 11.1 Å². The average molecular weight is 261 g/mol. The Balaban J connectivity index is 2.28. The van der Waals surface area contributed by atoms with Crippen molar-refractivity contribution in [1.29, 1.82) is 0 Å². The zero-order valence-corrected chi connectivity index (χ0v) is 11.5. The van der Waals surface area contributed by atoms with Gasteiger partial charge in [0.25, 0.3) is 0 Å². The third kappa shape index (κ3) is 3.41. The van der Waals surface area contributed by atoms with E-state index in [0.717, 1.165) is 42.7 Å². The third-order valence-electron chi connectivity index (χ3n) is 3.08. The Morgan fingerprint density at radius 1 is 1.32 bits per heavy atom. The molecule has 19 heavy (non-hydrogen) atoms. The van der Waals surface area contributed by atoms with Crippen LogP contribution in [0.4, 0.5) is 4.39 Å². The van der Waals surface area contributed by atoms with Crippen LogP contribution in [0.5, 0.6) is 0 Å². The van der Waals surface area contributed by atoms with Gasteiger partial charge in [-0.15, -0.1) is 0 Å². The van der Waals surface area contributed by atoms with Gasteiger partial charge in [0.05, 0.1) is 6.20 Å². The smallest absolute Gasteiger partial charge is 0.123 e. The van der Waals surface area contributed by atoms with Gasteiger partial charge < -0.3 is 5.32 Å². The number of halogens is 1. The van der Waals surface area contributed by atoms with Gasteiger partial charge in [0.15, 0.2) is 0 Å². The second-order valence-electron chi connectivity index (χ2n) is 4.56. The van der Waals surface area contributed by atoms with E-state index in [4.69, 9.17) is 0 Å². The first-order valence-electron chi connectivity index (χ1n) is 6.76. The first-order chi connectivity index (χ1) is 9.24. The summed E-state index contributed by atoms with van der Waals surface area (Å²) in [7, 11) is 0. The van der Waals surface area contributed by atoms with E-state index >= 15 is 0 Å². The van der Waals surface area contributed by atoms with Crippen LogP contribution in [0.1, 0.15) is 25.8 Å². The van der Waals surface area contributed by atoms with Gasteiger partial charge >= 0.3 is 0 Å². The molecule has 2 rings (SSSR count). The lowest BCUT2D eigenvalue weighted by Crippen LogP contribution is -2.14. The number of hydrogen-bond donors (Lipinski definition) is 1. The molecule has 0 saturated carbocycles. The molecule has 1 heterocycles. The Kier molecular flexibility index (Phi) is 4.68. The molecule has 4 heteroatoms. The first kappa shape index (κ1) is 13.7. The van der Waals surface area contributed by atoms with Crippen molar-refractivity contribution in [2.75, 3.05) is 6.54 Å². The van der Waals surface area contributed by atoms with Crippen LogP contribution in [0.15, 0.2) is 30.6 Å². The molecule has 0 fully saturated rings. The van der Waals surface area contributed by atoms with E-state index in [1.54, 1.807) is 12.3 Å². The van der Waals surface area contributed by atoms with E-state index in [2.05, 4.69) is 17.3 Å². The number of hydrogen-bond acceptors (Lipinski definition) is 2. The van der Waals surface area contributed by atoms with Gasteiger partial charge in [-0.3, -0.25) is 4.68 Å². The highest BCUT2D eigenvalue weighted by Crippen LogP contribution is 2.24. The lowest BCUT2D eigenvalue weighted by atomic mass is 10.0. The van der Waals surface area contributed by atoms with Crippen molar-refractivity contribution in [1.82, 2.24) is 15.1 Å². The molecular formula is C15H20FN3. The highest BCUT2D eigenvalue weighted by molar-refractivity contribution is 5.66. The number of nitrogens with one attached hydrogen (secondary N) is 1. The largest absolute Gasteiger partial charge is 0.313 e. The molecule has 1 N–H and O–H groups in total. The fourth-order valence-electron chi connectivity index (χ4n) is 2.05. The summed E-state index contributed by atoms with van der Waals surface area (Å²) in [4.78, 5) is 0. The maximum atomic E-state index is 13.5. The van der Waals surface area contributed by atoms with Gasteiger partial charge in [0.1, 0.15) is 5.82 Å². The van der Waals surface area contributed by atoms with Crippen LogP contribution < -0.4 is 5.32 Å².